The zero-order valence-electron chi connectivity index (χ0n) is 10.1. The smallest absolute Gasteiger partial charge is 0.344 e. The first kappa shape index (κ1) is 13.9. The van der Waals surface area contributed by atoms with E-state index in [4.69, 9.17) is 4.43 Å². The SMILES string of the molecule is CC(C)(C)[Si](C)(C)OC(=O)c1csc(Br)n1. The van der Waals surface area contributed by atoms with Crippen molar-refractivity contribution in [3.63, 3.8) is 0 Å². The first-order valence-electron chi connectivity index (χ1n) is 4.98. The van der Waals surface area contributed by atoms with Crippen molar-refractivity contribution < 1.29 is 9.22 Å². The fraction of sp³-hybridized carbons (Fsp3) is 0.600. The Hall–Kier alpha value is -0.203. The van der Waals surface area contributed by atoms with Crippen LogP contribution in [0.15, 0.2) is 9.30 Å². The largest absolute Gasteiger partial charge is 0.514 e. The third-order valence-corrected chi connectivity index (χ3v) is 8.51. The van der Waals surface area contributed by atoms with Crippen LogP contribution in [0.3, 0.4) is 0 Å². The molecule has 0 fully saturated rings. The van der Waals surface area contributed by atoms with E-state index in [1.165, 1.54) is 11.3 Å². The number of rotatable bonds is 2. The number of hydrogen-bond donors (Lipinski definition) is 0. The van der Waals surface area contributed by atoms with Crippen molar-refractivity contribution in [3.8, 4) is 0 Å². The summed E-state index contributed by atoms with van der Waals surface area (Å²) in [4.78, 5) is 15.9. The predicted octanol–water partition coefficient (Wildman–Crippen LogP) is 4.07. The Balaban J connectivity index is 2.79. The molecule has 0 bridgehead atoms. The van der Waals surface area contributed by atoms with Crippen LogP contribution in [0.5, 0.6) is 0 Å². The van der Waals surface area contributed by atoms with Crippen molar-refractivity contribution >= 4 is 41.6 Å². The second-order valence-electron chi connectivity index (χ2n) is 5.14. The fourth-order valence-corrected chi connectivity index (χ4v) is 2.64. The van der Waals surface area contributed by atoms with E-state index in [1.807, 2.05) is 13.1 Å². The monoisotopic (exact) mass is 321 g/mol. The lowest BCUT2D eigenvalue weighted by Crippen LogP contribution is -2.42. The molecule has 1 heterocycles. The van der Waals surface area contributed by atoms with E-state index in [1.54, 1.807) is 5.38 Å². The summed E-state index contributed by atoms with van der Waals surface area (Å²) in [7, 11) is -2.04. The highest BCUT2D eigenvalue weighted by Gasteiger charge is 2.40. The van der Waals surface area contributed by atoms with Gasteiger partial charge in [-0.3, -0.25) is 0 Å². The van der Waals surface area contributed by atoms with Crippen LogP contribution in [-0.2, 0) is 4.43 Å². The van der Waals surface area contributed by atoms with E-state index < -0.39 is 8.32 Å². The molecule has 0 aliphatic heterocycles. The second-order valence-corrected chi connectivity index (χ2v) is 12.0. The van der Waals surface area contributed by atoms with Gasteiger partial charge in [-0.2, -0.15) is 0 Å². The van der Waals surface area contributed by atoms with E-state index in [0.29, 0.717) is 9.61 Å². The average Bonchev–Trinajstić information content (AvgIpc) is 2.48. The van der Waals surface area contributed by atoms with E-state index in [-0.39, 0.29) is 11.0 Å². The molecule has 0 aliphatic rings. The van der Waals surface area contributed by atoms with E-state index in [0.717, 1.165) is 0 Å². The van der Waals surface area contributed by atoms with Crippen molar-refractivity contribution in [2.45, 2.75) is 38.9 Å². The second kappa shape index (κ2) is 4.58. The Morgan fingerprint density at radius 1 is 1.50 bits per heavy atom. The molecule has 0 amide bonds. The van der Waals surface area contributed by atoms with Gasteiger partial charge in [-0.1, -0.05) is 20.8 Å². The van der Waals surface area contributed by atoms with Crippen LogP contribution in [0, 0.1) is 0 Å². The summed E-state index contributed by atoms with van der Waals surface area (Å²) in [5.74, 6) is -0.312. The Morgan fingerprint density at radius 2 is 2.06 bits per heavy atom. The zero-order valence-corrected chi connectivity index (χ0v) is 13.5. The summed E-state index contributed by atoms with van der Waals surface area (Å²) in [6, 6.07) is 0. The van der Waals surface area contributed by atoms with Crippen LogP contribution in [0.25, 0.3) is 0 Å². The molecule has 0 aliphatic carbocycles. The molecular weight excluding hydrogens is 306 g/mol. The number of carbonyl (C=O) groups is 1. The molecule has 0 unspecified atom stereocenters. The first-order chi connectivity index (χ1) is 7.13. The molecule has 0 saturated carbocycles. The summed E-state index contributed by atoms with van der Waals surface area (Å²) >= 11 is 4.62. The van der Waals surface area contributed by atoms with Crippen LogP contribution < -0.4 is 0 Å². The van der Waals surface area contributed by atoms with Gasteiger partial charge in [0, 0.05) is 5.38 Å². The molecule has 1 aromatic rings. The molecule has 0 radical (unpaired) electrons. The highest BCUT2D eigenvalue weighted by Crippen LogP contribution is 2.37. The number of thiazole rings is 1. The highest BCUT2D eigenvalue weighted by atomic mass is 79.9. The molecule has 6 heteroatoms. The van der Waals surface area contributed by atoms with Gasteiger partial charge in [-0.15, -0.1) is 11.3 Å². The van der Waals surface area contributed by atoms with Gasteiger partial charge in [0.05, 0.1) is 0 Å². The van der Waals surface area contributed by atoms with Crippen molar-refractivity contribution in [1.82, 2.24) is 4.98 Å². The molecule has 1 rings (SSSR count). The van der Waals surface area contributed by atoms with Gasteiger partial charge in [-0.05, 0) is 34.1 Å². The van der Waals surface area contributed by atoms with Gasteiger partial charge in [0.1, 0.15) is 0 Å². The summed E-state index contributed by atoms with van der Waals surface area (Å²) in [5, 5.41) is 1.73. The van der Waals surface area contributed by atoms with Gasteiger partial charge in [0.15, 0.2) is 9.61 Å². The van der Waals surface area contributed by atoms with Gasteiger partial charge >= 0.3 is 5.97 Å². The Labute approximate surface area is 109 Å². The molecule has 0 spiro atoms. The fourth-order valence-electron chi connectivity index (χ4n) is 0.783. The lowest BCUT2D eigenvalue weighted by atomic mass is 10.2. The minimum atomic E-state index is -2.04. The molecule has 0 N–H and O–H groups in total. The average molecular weight is 322 g/mol. The standard InChI is InChI=1S/C10H16BrNO2SSi/c1-10(2,3)16(4,5)14-8(13)7-6-15-9(11)12-7/h6H,1-5H3. The maximum Gasteiger partial charge on any atom is 0.344 e. The summed E-state index contributed by atoms with van der Waals surface area (Å²) < 4.78 is 6.33. The van der Waals surface area contributed by atoms with Crippen LogP contribution in [0.2, 0.25) is 18.1 Å². The third-order valence-electron chi connectivity index (χ3n) is 2.84. The van der Waals surface area contributed by atoms with Gasteiger partial charge in [-0.25, -0.2) is 9.78 Å². The Bertz CT molecular complexity index is 398. The van der Waals surface area contributed by atoms with Crippen LogP contribution in [-0.4, -0.2) is 19.3 Å². The summed E-state index contributed by atoms with van der Waals surface area (Å²) in [6.07, 6.45) is 0. The molecule has 90 valence electrons. The number of carbonyl (C=O) groups excluding carboxylic acids is 1. The van der Waals surface area contributed by atoms with Crippen molar-refractivity contribution in [2.24, 2.45) is 0 Å². The van der Waals surface area contributed by atoms with Crippen LogP contribution >= 0.6 is 27.3 Å². The van der Waals surface area contributed by atoms with E-state index >= 15 is 0 Å². The van der Waals surface area contributed by atoms with Gasteiger partial charge < -0.3 is 4.43 Å². The normalized spacial score (nSPS) is 12.6. The third kappa shape index (κ3) is 3.15. The lowest BCUT2D eigenvalue weighted by molar-refractivity contribution is 0.0707. The van der Waals surface area contributed by atoms with Gasteiger partial charge in [0.2, 0.25) is 0 Å². The van der Waals surface area contributed by atoms with E-state index in [9.17, 15) is 4.79 Å². The molecule has 0 saturated heterocycles. The molecular formula is C10H16BrNO2SSi. The Morgan fingerprint density at radius 3 is 2.44 bits per heavy atom. The number of aromatic nitrogens is 1. The van der Waals surface area contributed by atoms with E-state index in [2.05, 4.69) is 41.7 Å². The quantitative estimate of drug-likeness (QED) is 0.771. The topological polar surface area (TPSA) is 39.2 Å². The van der Waals surface area contributed by atoms with Crippen molar-refractivity contribution in [3.05, 3.63) is 15.0 Å². The highest BCUT2D eigenvalue weighted by molar-refractivity contribution is 9.11. The number of hydrogen-bond acceptors (Lipinski definition) is 4. The van der Waals surface area contributed by atoms with Crippen molar-refractivity contribution in [1.29, 1.82) is 0 Å². The predicted molar refractivity (Wildman–Crippen MR) is 72.4 cm³/mol. The maximum absolute atomic E-state index is 11.9. The van der Waals surface area contributed by atoms with Crippen LogP contribution in [0.4, 0.5) is 0 Å². The molecule has 16 heavy (non-hydrogen) atoms. The minimum absolute atomic E-state index is 0.0237. The number of halogens is 1. The molecule has 1 aromatic heterocycles. The number of nitrogens with zero attached hydrogens (tertiary/aromatic N) is 1. The first-order valence-corrected chi connectivity index (χ1v) is 9.56. The summed E-state index contributed by atoms with van der Waals surface area (Å²) in [5.41, 5.74) is 0.390. The molecule has 3 nitrogen and oxygen atoms in total. The molecule has 0 aromatic carbocycles. The zero-order chi connectivity index (χ0) is 12.6. The maximum atomic E-state index is 11.9. The minimum Gasteiger partial charge on any atom is -0.514 e. The van der Waals surface area contributed by atoms with Crippen LogP contribution in [0.1, 0.15) is 31.3 Å². The van der Waals surface area contributed by atoms with Gasteiger partial charge in [0.25, 0.3) is 8.32 Å². The summed E-state index contributed by atoms with van der Waals surface area (Å²) in [6.45, 7) is 10.4. The van der Waals surface area contributed by atoms with Crippen molar-refractivity contribution in [2.75, 3.05) is 0 Å². The Kier molecular flexibility index (Phi) is 3.97. The lowest BCUT2D eigenvalue weighted by Gasteiger charge is -2.35. The molecule has 0 atom stereocenters.